The lowest BCUT2D eigenvalue weighted by Crippen LogP contribution is -2.00. The molecule has 1 aromatic heterocycles. The summed E-state index contributed by atoms with van der Waals surface area (Å²) in [7, 11) is 1.65. The van der Waals surface area contributed by atoms with Crippen LogP contribution in [-0.4, -0.2) is 27.3 Å². The molecule has 3 aromatic rings. The number of nitrogens with one attached hydrogen (secondary N) is 1. The largest absolute Gasteiger partial charge is 0.497 e. The first-order valence-corrected chi connectivity index (χ1v) is 7.19. The second-order valence-corrected chi connectivity index (χ2v) is 4.99. The summed E-state index contributed by atoms with van der Waals surface area (Å²) in [6, 6.07) is 15.7. The summed E-state index contributed by atoms with van der Waals surface area (Å²) in [4.78, 5) is 0. The molecule has 1 heterocycles. The molecular formula is C17H17N5O. The van der Waals surface area contributed by atoms with Gasteiger partial charge in [0.1, 0.15) is 5.75 Å². The Morgan fingerprint density at radius 2 is 1.78 bits per heavy atom. The normalized spacial score (nSPS) is 10.9. The summed E-state index contributed by atoms with van der Waals surface area (Å²) in [5, 5.41) is 15.0. The molecule has 0 saturated carbocycles. The number of anilines is 1. The van der Waals surface area contributed by atoms with Crippen LogP contribution in [0.5, 0.6) is 5.75 Å². The highest BCUT2D eigenvalue weighted by Gasteiger charge is 2.04. The summed E-state index contributed by atoms with van der Waals surface area (Å²) in [6.45, 7) is 2.04. The average molecular weight is 307 g/mol. The van der Waals surface area contributed by atoms with Crippen LogP contribution < -0.4 is 10.1 Å². The molecule has 0 saturated heterocycles. The number of nitrogens with zero attached hydrogens (tertiary/aromatic N) is 4. The fourth-order valence-electron chi connectivity index (χ4n) is 2.07. The lowest BCUT2D eigenvalue weighted by atomic mass is 10.2. The SMILES string of the molecule is COc1ccc(NC=Cc2nnnn2-c2ccc(C)cc2)cc1. The Morgan fingerprint density at radius 1 is 1.04 bits per heavy atom. The van der Waals surface area contributed by atoms with Gasteiger partial charge in [0.15, 0.2) is 5.82 Å². The number of tetrazole rings is 1. The summed E-state index contributed by atoms with van der Waals surface area (Å²) in [5.41, 5.74) is 3.07. The molecular weight excluding hydrogens is 290 g/mol. The second kappa shape index (κ2) is 6.74. The minimum atomic E-state index is 0.648. The van der Waals surface area contributed by atoms with Crippen LogP contribution in [0.2, 0.25) is 0 Å². The minimum absolute atomic E-state index is 0.648. The van der Waals surface area contributed by atoms with E-state index in [1.165, 1.54) is 5.56 Å². The van der Waals surface area contributed by atoms with Gasteiger partial charge in [-0.2, -0.15) is 4.68 Å². The molecule has 0 unspecified atom stereocenters. The fourth-order valence-corrected chi connectivity index (χ4v) is 2.07. The van der Waals surface area contributed by atoms with Crippen molar-refractivity contribution in [2.24, 2.45) is 0 Å². The van der Waals surface area contributed by atoms with E-state index in [1.807, 2.05) is 61.5 Å². The van der Waals surface area contributed by atoms with Gasteiger partial charge in [-0.25, -0.2) is 0 Å². The molecule has 116 valence electrons. The third-order valence-corrected chi connectivity index (χ3v) is 3.34. The molecule has 6 heteroatoms. The van der Waals surface area contributed by atoms with Gasteiger partial charge in [0.05, 0.1) is 12.8 Å². The molecule has 0 spiro atoms. The van der Waals surface area contributed by atoms with Gasteiger partial charge in [0.2, 0.25) is 0 Å². The third kappa shape index (κ3) is 3.55. The summed E-state index contributed by atoms with van der Waals surface area (Å²) >= 11 is 0. The molecule has 0 bridgehead atoms. The maximum atomic E-state index is 5.13. The van der Waals surface area contributed by atoms with Crippen LogP contribution in [0.15, 0.2) is 54.7 Å². The van der Waals surface area contributed by atoms with Gasteiger partial charge in [-0.1, -0.05) is 17.7 Å². The first-order valence-electron chi connectivity index (χ1n) is 7.19. The lowest BCUT2D eigenvalue weighted by molar-refractivity contribution is 0.415. The lowest BCUT2D eigenvalue weighted by Gasteiger charge is -2.03. The molecule has 0 amide bonds. The van der Waals surface area contributed by atoms with E-state index in [0.717, 1.165) is 17.1 Å². The number of hydrogen-bond acceptors (Lipinski definition) is 5. The van der Waals surface area contributed by atoms with Crippen LogP contribution in [0, 0.1) is 6.92 Å². The van der Waals surface area contributed by atoms with Gasteiger partial charge in [-0.15, -0.1) is 5.10 Å². The smallest absolute Gasteiger partial charge is 0.181 e. The van der Waals surface area contributed by atoms with Crippen molar-refractivity contribution in [1.82, 2.24) is 20.2 Å². The Bertz CT molecular complexity index is 791. The van der Waals surface area contributed by atoms with Gasteiger partial charge in [0, 0.05) is 18.0 Å². The van der Waals surface area contributed by atoms with Gasteiger partial charge >= 0.3 is 0 Å². The molecule has 23 heavy (non-hydrogen) atoms. The Hall–Kier alpha value is -3.15. The van der Waals surface area contributed by atoms with Crippen molar-refractivity contribution in [3.8, 4) is 11.4 Å². The van der Waals surface area contributed by atoms with Crippen molar-refractivity contribution in [3.05, 3.63) is 66.1 Å². The molecule has 6 nitrogen and oxygen atoms in total. The zero-order valence-electron chi connectivity index (χ0n) is 13.0. The quantitative estimate of drug-likeness (QED) is 0.785. The highest BCUT2D eigenvalue weighted by molar-refractivity contribution is 5.53. The number of methoxy groups -OCH3 is 1. The van der Waals surface area contributed by atoms with Crippen LogP contribution in [0.1, 0.15) is 11.4 Å². The Labute approximate surface area is 134 Å². The van der Waals surface area contributed by atoms with Crippen LogP contribution in [0.25, 0.3) is 11.8 Å². The van der Waals surface area contributed by atoms with E-state index in [-0.39, 0.29) is 0 Å². The second-order valence-electron chi connectivity index (χ2n) is 4.99. The van der Waals surface area contributed by atoms with Crippen molar-refractivity contribution in [2.45, 2.75) is 6.92 Å². The van der Waals surface area contributed by atoms with Crippen LogP contribution in [-0.2, 0) is 0 Å². The van der Waals surface area contributed by atoms with Gasteiger partial charge in [0.25, 0.3) is 0 Å². The number of rotatable bonds is 5. The number of benzene rings is 2. The highest BCUT2D eigenvalue weighted by Crippen LogP contribution is 2.15. The first kappa shape index (κ1) is 14.8. The van der Waals surface area contributed by atoms with E-state index in [9.17, 15) is 0 Å². The average Bonchev–Trinajstić information content (AvgIpc) is 3.05. The minimum Gasteiger partial charge on any atom is -0.497 e. The molecule has 0 aliphatic heterocycles. The Kier molecular flexibility index (Phi) is 4.33. The highest BCUT2D eigenvalue weighted by atomic mass is 16.5. The molecule has 0 aliphatic rings. The van der Waals surface area contributed by atoms with Crippen LogP contribution in [0.4, 0.5) is 5.69 Å². The number of hydrogen-bond donors (Lipinski definition) is 1. The van der Waals surface area contributed by atoms with Crippen molar-refractivity contribution in [2.75, 3.05) is 12.4 Å². The van der Waals surface area contributed by atoms with Crippen molar-refractivity contribution < 1.29 is 4.74 Å². The Morgan fingerprint density at radius 3 is 2.48 bits per heavy atom. The standard InChI is InChI=1S/C17H17N5O/c1-13-3-7-15(8-4-13)22-17(19-20-21-22)11-12-18-14-5-9-16(23-2)10-6-14/h3-12,18H,1-2H3. The topological polar surface area (TPSA) is 64.9 Å². The number of aryl methyl sites for hydroxylation is 1. The molecule has 0 fully saturated rings. The van der Waals surface area contributed by atoms with Gasteiger partial charge in [-0.3, -0.25) is 0 Å². The van der Waals surface area contributed by atoms with E-state index in [2.05, 4.69) is 20.8 Å². The Balaban J connectivity index is 1.73. The molecule has 0 atom stereocenters. The van der Waals surface area contributed by atoms with Crippen LogP contribution >= 0.6 is 0 Å². The van der Waals surface area contributed by atoms with E-state index >= 15 is 0 Å². The zero-order valence-corrected chi connectivity index (χ0v) is 13.0. The van der Waals surface area contributed by atoms with Crippen molar-refractivity contribution in [1.29, 1.82) is 0 Å². The maximum Gasteiger partial charge on any atom is 0.181 e. The predicted molar refractivity (Wildman–Crippen MR) is 89.5 cm³/mol. The van der Waals surface area contributed by atoms with E-state index in [0.29, 0.717) is 5.82 Å². The molecule has 2 aromatic carbocycles. The predicted octanol–water partition coefficient (Wildman–Crippen LogP) is 3.06. The molecule has 0 radical (unpaired) electrons. The van der Waals surface area contributed by atoms with Crippen molar-refractivity contribution in [3.63, 3.8) is 0 Å². The fraction of sp³-hybridized carbons (Fsp3) is 0.118. The summed E-state index contributed by atoms with van der Waals surface area (Å²) in [6.07, 6.45) is 3.63. The first-order chi connectivity index (χ1) is 11.3. The monoisotopic (exact) mass is 307 g/mol. The van der Waals surface area contributed by atoms with Gasteiger partial charge < -0.3 is 10.1 Å². The number of ether oxygens (including phenoxy) is 1. The maximum absolute atomic E-state index is 5.13. The molecule has 1 N–H and O–H groups in total. The summed E-state index contributed by atoms with van der Waals surface area (Å²) < 4.78 is 6.82. The van der Waals surface area contributed by atoms with E-state index in [4.69, 9.17) is 4.74 Å². The van der Waals surface area contributed by atoms with Crippen LogP contribution in [0.3, 0.4) is 0 Å². The van der Waals surface area contributed by atoms with Gasteiger partial charge in [-0.05, 0) is 53.7 Å². The zero-order chi connectivity index (χ0) is 16.1. The van der Waals surface area contributed by atoms with E-state index < -0.39 is 0 Å². The van der Waals surface area contributed by atoms with Crippen molar-refractivity contribution >= 4 is 11.8 Å². The third-order valence-electron chi connectivity index (χ3n) is 3.34. The summed E-state index contributed by atoms with van der Waals surface area (Å²) in [5.74, 6) is 1.47. The number of aromatic nitrogens is 4. The van der Waals surface area contributed by atoms with E-state index in [1.54, 1.807) is 18.0 Å². The molecule has 3 rings (SSSR count). The molecule has 0 aliphatic carbocycles.